The molecule has 1 fully saturated rings. The van der Waals surface area contributed by atoms with Crippen molar-refractivity contribution in [1.82, 2.24) is 9.44 Å². The molecule has 14 nitrogen and oxygen atoms in total. The Morgan fingerprint density at radius 2 is 1.05 bits per heavy atom. The van der Waals surface area contributed by atoms with Gasteiger partial charge < -0.3 is 20.4 Å². The fraction of sp³-hybridized carbons (Fsp3) is 0.360. The molecule has 0 bridgehead atoms. The minimum atomic E-state index is -4.24. The molecule has 0 aliphatic heterocycles. The number of carboxylic acids is 4. The number of hydrogen-bond acceptors (Lipinski definition) is 8. The van der Waals surface area contributed by atoms with Gasteiger partial charge in [-0.1, -0.05) is 31.2 Å². The van der Waals surface area contributed by atoms with Gasteiger partial charge in [-0.15, -0.1) is 0 Å². The van der Waals surface area contributed by atoms with E-state index in [1.54, 1.807) is 0 Å². The minimum Gasteiger partial charge on any atom is -0.481 e. The van der Waals surface area contributed by atoms with E-state index >= 15 is 0 Å². The molecule has 0 unspecified atom stereocenters. The molecule has 0 radical (unpaired) electrons. The number of hydrogen-bond donors (Lipinski definition) is 6. The van der Waals surface area contributed by atoms with Gasteiger partial charge in [0, 0.05) is 11.8 Å². The van der Waals surface area contributed by atoms with E-state index in [1.165, 1.54) is 31.2 Å². The lowest BCUT2D eigenvalue weighted by Crippen LogP contribution is -2.51. The van der Waals surface area contributed by atoms with Crippen LogP contribution in [0.15, 0.2) is 58.3 Å². The van der Waals surface area contributed by atoms with Crippen molar-refractivity contribution in [3.63, 3.8) is 0 Å². The van der Waals surface area contributed by atoms with Crippen molar-refractivity contribution in [2.45, 2.75) is 54.0 Å². The Kier molecular flexibility index (Phi) is 9.22. The fourth-order valence-electron chi connectivity index (χ4n) is 4.85. The van der Waals surface area contributed by atoms with Crippen molar-refractivity contribution in [2.24, 2.45) is 11.8 Å². The lowest BCUT2D eigenvalue weighted by molar-refractivity contribution is -0.160. The lowest BCUT2D eigenvalue weighted by atomic mass is 9.52. The van der Waals surface area contributed by atoms with E-state index in [2.05, 4.69) is 4.72 Å². The predicted molar refractivity (Wildman–Crippen MR) is 140 cm³/mol. The third-order valence-corrected chi connectivity index (χ3v) is 10.0. The topological polar surface area (TPSA) is 242 Å². The second-order valence-corrected chi connectivity index (χ2v) is 12.9. The second-order valence-electron chi connectivity index (χ2n) is 9.52. The third-order valence-electron chi connectivity index (χ3n) is 6.97. The van der Waals surface area contributed by atoms with E-state index in [0.717, 1.165) is 31.2 Å². The molecule has 0 amide bonds. The molecule has 4 atom stereocenters. The molecule has 0 saturated heterocycles. The summed E-state index contributed by atoms with van der Waals surface area (Å²) < 4.78 is 54.2. The Hall–Kier alpha value is -3.86. The van der Waals surface area contributed by atoms with E-state index in [-0.39, 0.29) is 27.3 Å². The highest BCUT2D eigenvalue weighted by Gasteiger charge is 2.58. The summed E-state index contributed by atoms with van der Waals surface area (Å²) in [5.74, 6) is -10.1. The van der Waals surface area contributed by atoms with Crippen LogP contribution in [-0.4, -0.2) is 73.2 Å². The molecule has 1 aliphatic carbocycles. The molecule has 2 aromatic carbocycles. The van der Waals surface area contributed by atoms with Crippen molar-refractivity contribution in [2.75, 3.05) is 0 Å². The zero-order chi connectivity index (χ0) is 30.9. The third kappa shape index (κ3) is 6.56. The van der Waals surface area contributed by atoms with Crippen LogP contribution in [0.2, 0.25) is 0 Å². The summed E-state index contributed by atoms with van der Waals surface area (Å²) in [5, 5.41) is 38.0. The van der Waals surface area contributed by atoms with Crippen LogP contribution in [0.4, 0.5) is 0 Å². The normalized spacial score (nSPS) is 22.2. The number of sulfonamides is 2. The average Bonchev–Trinajstić information content (AvgIpc) is 2.86. The van der Waals surface area contributed by atoms with Gasteiger partial charge in [0.25, 0.3) is 0 Å². The quantitative estimate of drug-likeness (QED) is 0.185. The van der Waals surface area contributed by atoms with Crippen molar-refractivity contribution in [3.05, 3.63) is 59.7 Å². The molecule has 0 heterocycles. The van der Waals surface area contributed by atoms with E-state index in [0.29, 0.717) is 0 Å². The van der Waals surface area contributed by atoms with Gasteiger partial charge in [-0.3, -0.25) is 19.2 Å². The van der Waals surface area contributed by atoms with Crippen LogP contribution in [0.1, 0.15) is 43.2 Å². The molecular weight excluding hydrogens is 584 g/mol. The lowest BCUT2D eigenvalue weighted by Gasteiger charge is -2.48. The van der Waals surface area contributed by atoms with Gasteiger partial charge in [0.1, 0.15) is 12.1 Å². The molecule has 2 aromatic rings. The largest absolute Gasteiger partial charge is 0.481 e. The molecule has 6 N–H and O–H groups in total. The highest BCUT2D eigenvalue weighted by atomic mass is 32.2. The maximum atomic E-state index is 12.6. The van der Waals surface area contributed by atoms with Crippen LogP contribution < -0.4 is 9.44 Å². The van der Waals surface area contributed by atoms with E-state index in [9.17, 15) is 46.2 Å². The van der Waals surface area contributed by atoms with Gasteiger partial charge in [-0.25, -0.2) is 16.8 Å². The SMILES string of the molecule is CC[C@H](NS(=O)(=O)c1ccc(C2[C@H](C(=O)O)C(c3ccc(S(=O)(=O)N[C@H](C)C(=O)O)cc3)[C@H]2C(=O)O)cc1)C(=O)O. The monoisotopic (exact) mass is 612 g/mol. The molecule has 0 aromatic heterocycles. The second kappa shape index (κ2) is 11.9. The molecule has 16 heteroatoms. The molecular formula is C25H28N2O12S2. The Bertz CT molecular complexity index is 1530. The first-order valence-electron chi connectivity index (χ1n) is 12.2. The predicted octanol–water partition coefficient (Wildman–Crippen LogP) is 0.862. The van der Waals surface area contributed by atoms with Gasteiger partial charge in [-0.05, 0) is 48.7 Å². The number of nitrogens with one attached hydrogen (secondary N) is 2. The maximum absolute atomic E-state index is 12.6. The van der Waals surface area contributed by atoms with Crippen LogP contribution in [0.5, 0.6) is 0 Å². The number of carboxylic acid groups (broad SMARTS) is 4. The van der Waals surface area contributed by atoms with Gasteiger partial charge in [0.05, 0.1) is 21.6 Å². The smallest absolute Gasteiger partial charge is 0.321 e. The first-order chi connectivity index (χ1) is 19.0. The van der Waals surface area contributed by atoms with Crippen LogP contribution in [0.3, 0.4) is 0 Å². The molecule has 222 valence electrons. The Labute approximate surface area is 235 Å². The summed E-state index contributed by atoms with van der Waals surface area (Å²) in [6, 6.07) is 6.78. The molecule has 41 heavy (non-hydrogen) atoms. The first-order valence-corrected chi connectivity index (χ1v) is 15.1. The number of carbonyl (C=O) groups is 4. The Morgan fingerprint density at radius 3 is 1.34 bits per heavy atom. The fourth-order valence-corrected chi connectivity index (χ4v) is 7.31. The van der Waals surface area contributed by atoms with Crippen molar-refractivity contribution in [3.8, 4) is 0 Å². The van der Waals surface area contributed by atoms with E-state index in [1.807, 2.05) is 4.72 Å². The zero-order valence-corrected chi connectivity index (χ0v) is 23.3. The zero-order valence-electron chi connectivity index (χ0n) is 21.7. The summed E-state index contributed by atoms with van der Waals surface area (Å²) in [4.78, 5) is 46.1. The van der Waals surface area contributed by atoms with Crippen LogP contribution in [0.25, 0.3) is 0 Å². The summed E-state index contributed by atoms with van der Waals surface area (Å²) in [5.41, 5.74) is 0.463. The van der Waals surface area contributed by atoms with Crippen molar-refractivity contribution in [1.29, 1.82) is 0 Å². The first kappa shape index (κ1) is 31.7. The van der Waals surface area contributed by atoms with Crippen LogP contribution >= 0.6 is 0 Å². The van der Waals surface area contributed by atoms with Gasteiger partial charge in [0.15, 0.2) is 0 Å². The minimum absolute atomic E-state index is 0.0123. The maximum Gasteiger partial charge on any atom is 0.321 e. The van der Waals surface area contributed by atoms with Crippen LogP contribution in [0, 0.1) is 11.8 Å². The number of benzene rings is 2. The van der Waals surface area contributed by atoms with Crippen molar-refractivity contribution >= 4 is 43.9 Å². The summed E-state index contributed by atoms with van der Waals surface area (Å²) in [7, 11) is -8.47. The van der Waals surface area contributed by atoms with Gasteiger partial charge in [0.2, 0.25) is 20.0 Å². The summed E-state index contributed by atoms with van der Waals surface area (Å²) in [6.45, 7) is 2.62. The van der Waals surface area contributed by atoms with Crippen LogP contribution in [-0.2, 0) is 39.2 Å². The Balaban J connectivity index is 1.91. The Morgan fingerprint density at radius 1 is 0.683 bits per heavy atom. The molecule has 3 rings (SSSR count). The molecule has 0 spiro atoms. The highest BCUT2D eigenvalue weighted by Crippen LogP contribution is 2.57. The average molecular weight is 613 g/mol. The summed E-state index contributed by atoms with van der Waals surface area (Å²) >= 11 is 0. The summed E-state index contributed by atoms with van der Waals surface area (Å²) in [6.07, 6.45) is -0.0123. The van der Waals surface area contributed by atoms with E-state index < -0.39 is 79.7 Å². The standard InChI is InChI=1S/C25H28N2O12S2/c1-3-17(23(30)31)27-41(38,39)16-10-6-14(7-11-16)19-20(24(32)33)18(21(19)25(34)35)13-4-8-15(9-5-13)40(36,37)26-12(2)22(28)29/h4-12,17-21,26-27H,3H2,1-2H3,(H,28,29)(H,30,31)(H,32,33)(H,34,35)/t12-,17+,18?,19?,20-,21-/m1/s1. The van der Waals surface area contributed by atoms with Crippen molar-refractivity contribution < 1.29 is 56.4 Å². The molecule has 1 aliphatic rings. The van der Waals surface area contributed by atoms with E-state index in [4.69, 9.17) is 10.2 Å². The van der Waals surface area contributed by atoms with Gasteiger partial charge >= 0.3 is 23.9 Å². The number of rotatable bonds is 13. The van der Waals surface area contributed by atoms with Gasteiger partial charge in [-0.2, -0.15) is 9.44 Å². The highest BCUT2D eigenvalue weighted by molar-refractivity contribution is 7.89. The molecule has 1 saturated carbocycles. The number of aliphatic carboxylic acids is 4.